The van der Waals surface area contributed by atoms with Gasteiger partial charge < -0.3 is 20.6 Å². The lowest BCUT2D eigenvalue weighted by molar-refractivity contribution is -0.144. The van der Waals surface area contributed by atoms with Gasteiger partial charge in [-0.15, -0.1) is 0 Å². The van der Waals surface area contributed by atoms with Crippen molar-refractivity contribution in [2.45, 2.75) is 25.9 Å². The number of hydrogen-bond acceptors (Lipinski definition) is 4. The molecule has 0 spiro atoms. The number of carbonyl (C=O) groups excluding carboxylic acids is 3. The van der Waals surface area contributed by atoms with Crippen molar-refractivity contribution in [3.8, 4) is 0 Å². The summed E-state index contributed by atoms with van der Waals surface area (Å²) in [5, 5.41) is 14.1. The first-order valence-electron chi connectivity index (χ1n) is 6.53. The summed E-state index contributed by atoms with van der Waals surface area (Å²) in [5.74, 6) is -1.99. The van der Waals surface area contributed by atoms with Crippen molar-refractivity contribution in [2.24, 2.45) is 0 Å². The van der Waals surface area contributed by atoms with Gasteiger partial charge >= 0.3 is 12.0 Å². The Kier molecular flexibility index (Phi) is 5.51. The summed E-state index contributed by atoms with van der Waals surface area (Å²) in [5.41, 5.74) is 0. The number of urea groups is 1. The van der Waals surface area contributed by atoms with E-state index in [-0.39, 0.29) is 31.6 Å². The van der Waals surface area contributed by atoms with Gasteiger partial charge in [-0.3, -0.25) is 14.5 Å². The third kappa shape index (κ3) is 4.62. The highest BCUT2D eigenvalue weighted by Gasteiger charge is 2.36. The first-order chi connectivity index (χ1) is 9.72. The zero-order valence-electron chi connectivity index (χ0n) is 12.3. The van der Waals surface area contributed by atoms with Crippen molar-refractivity contribution < 1.29 is 24.3 Å². The van der Waals surface area contributed by atoms with E-state index in [9.17, 15) is 19.2 Å². The van der Waals surface area contributed by atoms with Gasteiger partial charge in [0.1, 0.15) is 19.1 Å². The fourth-order valence-corrected chi connectivity index (χ4v) is 1.93. The van der Waals surface area contributed by atoms with Crippen LogP contribution in [-0.4, -0.2) is 77.5 Å². The number of amides is 4. The van der Waals surface area contributed by atoms with Crippen LogP contribution >= 0.6 is 0 Å². The van der Waals surface area contributed by atoms with Gasteiger partial charge in [-0.25, -0.2) is 9.59 Å². The van der Waals surface area contributed by atoms with Crippen LogP contribution in [0.4, 0.5) is 4.79 Å². The standard InChI is InChI=1S/C12H20N4O5/c1-7(2)14-10(18)5-15(3)12(21)16-6-9(17)13-4-8(16)11(19)20/h7-8H,4-6H2,1-3H3,(H,13,17)(H,14,18)(H,19,20). The van der Waals surface area contributed by atoms with Gasteiger partial charge in [-0.1, -0.05) is 0 Å². The predicted octanol–water partition coefficient (Wildman–Crippen LogP) is -1.55. The highest BCUT2D eigenvalue weighted by atomic mass is 16.4. The van der Waals surface area contributed by atoms with E-state index in [4.69, 9.17) is 5.11 Å². The highest BCUT2D eigenvalue weighted by Crippen LogP contribution is 2.08. The van der Waals surface area contributed by atoms with Crippen LogP contribution in [0.15, 0.2) is 0 Å². The minimum Gasteiger partial charge on any atom is -0.480 e. The second-order valence-corrected chi connectivity index (χ2v) is 5.15. The van der Waals surface area contributed by atoms with Gasteiger partial charge in [0, 0.05) is 19.6 Å². The second-order valence-electron chi connectivity index (χ2n) is 5.15. The lowest BCUT2D eigenvalue weighted by Crippen LogP contribution is -2.62. The molecule has 3 N–H and O–H groups in total. The molecule has 0 aliphatic carbocycles. The fourth-order valence-electron chi connectivity index (χ4n) is 1.93. The summed E-state index contributed by atoms with van der Waals surface area (Å²) < 4.78 is 0. The van der Waals surface area contributed by atoms with Crippen LogP contribution in [-0.2, 0) is 14.4 Å². The summed E-state index contributed by atoms with van der Waals surface area (Å²) in [6.07, 6.45) is 0. The smallest absolute Gasteiger partial charge is 0.328 e. The molecular formula is C12H20N4O5. The van der Waals surface area contributed by atoms with E-state index < -0.39 is 23.9 Å². The number of nitrogens with zero attached hydrogens (tertiary/aromatic N) is 2. The van der Waals surface area contributed by atoms with E-state index in [0.717, 1.165) is 9.80 Å². The van der Waals surface area contributed by atoms with Gasteiger partial charge in [0.25, 0.3) is 0 Å². The maximum absolute atomic E-state index is 12.2. The van der Waals surface area contributed by atoms with E-state index in [2.05, 4.69) is 10.6 Å². The number of piperazine rings is 1. The predicted molar refractivity (Wildman–Crippen MR) is 72.4 cm³/mol. The van der Waals surface area contributed by atoms with Gasteiger partial charge in [0.05, 0.1) is 0 Å². The van der Waals surface area contributed by atoms with Gasteiger partial charge in [0.2, 0.25) is 11.8 Å². The molecule has 9 heteroatoms. The lowest BCUT2D eigenvalue weighted by atomic mass is 10.2. The molecule has 0 bridgehead atoms. The zero-order chi connectivity index (χ0) is 16.2. The van der Waals surface area contributed by atoms with Crippen molar-refractivity contribution in [3.05, 3.63) is 0 Å². The molecule has 1 aliphatic rings. The molecule has 1 rings (SSSR count). The summed E-state index contributed by atoms with van der Waals surface area (Å²) in [6.45, 7) is 2.88. The maximum Gasteiger partial charge on any atom is 0.328 e. The summed E-state index contributed by atoms with van der Waals surface area (Å²) in [7, 11) is 1.38. The van der Waals surface area contributed by atoms with Crippen molar-refractivity contribution in [1.29, 1.82) is 0 Å². The number of carboxylic acids is 1. The fraction of sp³-hybridized carbons (Fsp3) is 0.667. The van der Waals surface area contributed by atoms with E-state index in [1.807, 2.05) is 0 Å². The minimum absolute atomic E-state index is 0.0615. The molecule has 1 saturated heterocycles. The number of carboxylic acid groups (broad SMARTS) is 1. The van der Waals surface area contributed by atoms with Gasteiger partial charge in [-0.2, -0.15) is 0 Å². The molecule has 1 heterocycles. The SMILES string of the molecule is CC(C)NC(=O)CN(C)C(=O)N1CC(=O)NCC1C(=O)O. The molecular weight excluding hydrogens is 280 g/mol. The third-order valence-corrected chi connectivity index (χ3v) is 2.87. The lowest BCUT2D eigenvalue weighted by Gasteiger charge is -2.35. The number of likely N-dealkylation sites (N-methyl/N-ethyl adjacent to an activating group) is 1. The Balaban J connectivity index is 2.71. The first kappa shape index (κ1) is 16.7. The van der Waals surface area contributed by atoms with E-state index in [1.165, 1.54) is 7.05 Å². The monoisotopic (exact) mass is 300 g/mol. The van der Waals surface area contributed by atoms with Crippen LogP contribution < -0.4 is 10.6 Å². The Morgan fingerprint density at radius 2 is 2.10 bits per heavy atom. The maximum atomic E-state index is 12.2. The molecule has 0 aromatic rings. The van der Waals surface area contributed by atoms with Gasteiger partial charge in [-0.05, 0) is 13.8 Å². The number of hydrogen-bond donors (Lipinski definition) is 3. The molecule has 1 atom stereocenters. The first-order valence-corrected chi connectivity index (χ1v) is 6.53. The van der Waals surface area contributed by atoms with Crippen molar-refractivity contribution >= 4 is 23.8 Å². The summed E-state index contributed by atoms with van der Waals surface area (Å²) in [4.78, 5) is 48.3. The topological polar surface area (TPSA) is 119 Å². The number of aliphatic carboxylic acids is 1. The molecule has 0 saturated carbocycles. The average Bonchev–Trinajstić information content (AvgIpc) is 2.36. The average molecular weight is 300 g/mol. The molecule has 1 fully saturated rings. The second kappa shape index (κ2) is 6.91. The van der Waals surface area contributed by atoms with Crippen LogP contribution in [0.3, 0.4) is 0 Å². The van der Waals surface area contributed by atoms with Crippen LogP contribution in [0.25, 0.3) is 0 Å². The summed E-state index contributed by atoms with van der Waals surface area (Å²) >= 11 is 0. The Bertz CT molecular complexity index is 451. The normalized spacial score (nSPS) is 18.2. The molecule has 4 amide bonds. The zero-order valence-corrected chi connectivity index (χ0v) is 12.3. The largest absolute Gasteiger partial charge is 0.480 e. The van der Waals surface area contributed by atoms with Crippen LogP contribution in [0.1, 0.15) is 13.8 Å². The third-order valence-electron chi connectivity index (χ3n) is 2.87. The molecule has 1 unspecified atom stereocenters. The van der Waals surface area contributed by atoms with Crippen molar-refractivity contribution in [2.75, 3.05) is 26.7 Å². The van der Waals surface area contributed by atoms with Gasteiger partial charge in [0.15, 0.2) is 0 Å². The molecule has 1 aliphatic heterocycles. The van der Waals surface area contributed by atoms with E-state index in [0.29, 0.717) is 0 Å². The minimum atomic E-state index is -1.21. The molecule has 0 aromatic carbocycles. The Labute approximate surface area is 122 Å². The highest BCUT2D eigenvalue weighted by molar-refractivity contribution is 5.92. The summed E-state index contributed by atoms with van der Waals surface area (Å²) in [6, 6.07) is -1.87. The number of rotatable bonds is 4. The van der Waals surface area contributed by atoms with E-state index >= 15 is 0 Å². The number of carbonyl (C=O) groups is 4. The van der Waals surface area contributed by atoms with Crippen LogP contribution in [0.5, 0.6) is 0 Å². The molecule has 0 aromatic heterocycles. The van der Waals surface area contributed by atoms with Crippen molar-refractivity contribution in [1.82, 2.24) is 20.4 Å². The van der Waals surface area contributed by atoms with Crippen LogP contribution in [0, 0.1) is 0 Å². The molecule has 0 radical (unpaired) electrons. The Morgan fingerprint density at radius 1 is 1.48 bits per heavy atom. The molecule has 9 nitrogen and oxygen atoms in total. The Morgan fingerprint density at radius 3 is 2.62 bits per heavy atom. The Hall–Kier alpha value is -2.32. The number of nitrogens with one attached hydrogen (secondary N) is 2. The molecule has 21 heavy (non-hydrogen) atoms. The molecule has 118 valence electrons. The van der Waals surface area contributed by atoms with Crippen LogP contribution in [0.2, 0.25) is 0 Å². The quantitative estimate of drug-likeness (QED) is 0.580. The van der Waals surface area contributed by atoms with Crippen molar-refractivity contribution in [3.63, 3.8) is 0 Å². The van der Waals surface area contributed by atoms with E-state index in [1.54, 1.807) is 13.8 Å².